The van der Waals surface area contributed by atoms with E-state index in [1.165, 1.54) is 6.07 Å². The van der Waals surface area contributed by atoms with Crippen molar-refractivity contribution in [3.05, 3.63) is 34.6 Å². The summed E-state index contributed by atoms with van der Waals surface area (Å²) in [6.07, 6.45) is 1.64. The summed E-state index contributed by atoms with van der Waals surface area (Å²) in [6.45, 7) is 1.85. The zero-order chi connectivity index (χ0) is 11.7. The first-order valence-electron chi connectivity index (χ1n) is 4.49. The maximum absolute atomic E-state index is 10.8. The molecule has 0 aromatic carbocycles. The van der Waals surface area contributed by atoms with Crippen molar-refractivity contribution in [2.24, 2.45) is 0 Å². The summed E-state index contributed by atoms with van der Waals surface area (Å²) in [7, 11) is 0. The average molecular weight is 238 g/mol. The summed E-state index contributed by atoms with van der Waals surface area (Å²) < 4.78 is 0. The average Bonchev–Trinajstić information content (AvgIpc) is 2.63. The molecule has 0 radical (unpaired) electrons. The van der Waals surface area contributed by atoms with E-state index in [1.807, 2.05) is 6.92 Å². The van der Waals surface area contributed by atoms with Crippen LogP contribution in [0.5, 0.6) is 0 Å². The molecule has 2 aromatic heterocycles. The van der Waals surface area contributed by atoms with Gasteiger partial charge in [-0.25, -0.2) is 9.78 Å². The molecule has 0 aliphatic heterocycles. The number of aromatic carboxylic acids is 1. The molecule has 82 valence electrons. The Morgan fingerprint density at radius 2 is 2.25 bits per heavy atom. The second-order valence-electron chi connectivity index (χ2n) is 3.29. The van der Waals surface area contributed by atoms with Gasteiger partial charge in [-0.1, -0.05) is 11.6 Å². The monoisotopic (exact) mass is 237 g/mol. The van der Waals surface area contributed by atoms with Gasteiger partial charge in [-0.05, 0) is 24.6 Å². The smallest absolute Gasteiger partial charge is 0.354 e. The zero-order valence-corrected chi connectivity index (χ0v) is 9.12. The fourth-order valence-corrected chi connectivity index (χ4v) is 1.55. The topological polar surface area (TPSA) is 78.9 Å². The van der Waals surface area contributed by atoms with E-state index < -0.39 is 5.97 Å². The van der Waals surface area contributed by atoms with Crippen molar-refractivity contribution in [2.45, 2.75) is 6.92 Å². The quantitative estimate of drug-likeness (QED) is 0.839. The molecule has 0 bridgehead atoms. The van der Waals surface area contributed by atoms with Crippen LogP contribution in [0.25, 0.3) is 11.4 Å². The highest BCUT2D eigenvalue weighted by atomic mass is 35.5. The third kappa shape index (κ3) is 1.90. The van der Waals surface area contributed by atoms with Gasteiger partial charge in [-0.3, -0.25) is 5.10 Å². The van der Waals surface area contributed by atoms with E-state index in [4.69, 9.17) is 16.7 Å². The van der Waals surface area contributed by atoms with Crippen LogP contribution >= 0.6 is 11.6 Å². The normalized spacial score (nSPS) is 10.4. The second-order valence-corrected chi connectivity index (χ2v) is 3.73. The molecule has 2 N–H and O–H groups in total. The number of carbonyl (C=O) groups is 1. The van der Waals surface area contributed by atoms with Crippen LogP contribution in [-0.2, 0) is 0 Å². The maximum atomic E-state index is 10.8. The summed E-state index contributed by atoms with van der Waals surface area (Å²) >= 11 is 5.83. The fraction of sp³-hybridized carbons (Fsp3) is 0.100. The van der Waals surface area contributed by atoms with E-state index in [2.05, 4.69) is 15.2 Å². The van der Waals surface area contributed by atoms with Crippen LogP contribution in [0.1, 0.15) is 16.1 Å². The Balaban J connectivity index is 2.58. The molecule has 6 heteroatoms. The van der Waals surface area contributed by atoms with Crippen molar-refractivity contribution in [3.63, 3.8) is 0 Å². The van der Waals surface area contributed by atoms with Crippen LogP contribution in [0, 0.1) is 6.92 Å². The Labute approximate surface area is 96.1 Å². The highest BCUT2D eigenvalue weighted by Gasteiger charge is 2.11. The number of carboxylic acid groups (broad SMARTS) is 1. The highest BCUT2D eigenvalue weighted by molar-refractivity contribution is 6.31. The Hall–Kier alpha value is -1.88. The molecule has 0 atom stereocenters. The van der Waals surface area contributed by atoms with Crippen molar-refractivity contribution in [1.29, 1.82) is 0 Å². The number of hydrogen-bond acceptors (Lipinski definition) is 3. The van der Waals surface area contributed by atoms with E-state index in [9.17, 15) is 4.79 Å². The van der Waals surface area contributed by atoms with Gasteiger partial charge >= 0.3 is 5.97 Å². The van der Waals surface area contributed by atoms with Gasteiger partial charge in [-0.15, -0.1) is 0 Å². The third-order valence-corrected chi connectivity index (χ3v) is 2.31. The van der Waals surface area contributed by atoms with Crippen molar-refractivity contribution in [1.82, 2.24) is 15.2 Å². The molecule has 16 heavy (non-hydrogen) atoms. The standard InChI is InChI=1S/C10H8ClN3O2/c1-5-4-12-14-9(5)7-2-6(11)3-8(13-7)10(15)16/h2-4H,1H3,(H,12,14)(H,15,16). The molecule has 2 rings (SSSR count). The lowest BCUT2D eigenvalue weighted by molar-refractivity contribution is 0.0690. The Morgan fingerprint density at radius 3 is 2.81 bits per heavy atom. The van der Waals surface area contributed by atoms with Crippen LogP contribution in [0.3, 0.4) is 0 Å². The third-order valence-electron chi connectivity index (χ3n) is 2.09. The summed E-state index contributed by atoms with van der Waals surface area (Å²) in [5.74, 6) is -1.11. The van der Waals surface area contributed by atoms with Crippen molar-refractivity contribution >= 4 is 17.6 Å². The summed E-state index contributed by atoms with van der Waals surface area (Å²) in [6, 6.07) is 2.90. The zero-order valence-electron chi connectivity index (χ0n) is 8.36. The summed E-state index contributed by atoms with van der Waals surface area (Å²) in [4.78, 5) is 14.8. The predicted molar refractivity (Wildman–Crippen MR) is 58.5 cm³/mol. The van der Waals surface area contributed by atoms with Crippen LogP contribution in [0.15, 0.2) is 18.3 Å². The Bertz CT molecular complexity index is 551. The van der Waals surface area contributed by atoms with E-state index in [1.54, 1.807) is 12.3 Å². The Morgan fingerprint density at radius 1 is 1.50 bits per heavy atom. The lowest BCUT2D eigenvalue weighted by Crippen LogP contribution is -2.01. The number of aromatic nitrogens is 3. The number of nitrogens with zero attached hydrogens (tertiary/aromatic N) is 2. The van der Waals surface area contributed by atoms with Crippen LogP contribution in [-0.4, -0.2) is 26.3 Å². The van der Waals surface area contributed by atoms with Gasteiger partial charge in [0.1, 0.15) is 5.69 Å². The molecule has 5 nitrogen and oxygen atoms in total. The van der Waals surface area contributed by atoms with E-state index in [-0.39, 0.29) is 5.69 Å². The van der Waals surface area contributed by atoms with Gasteiger partial charge in [-0.2, -0.15) is 5.10 Å². The number of rotatable bonds is 2. The molecule has 0 aliphatic carbocycles. The van der Waals surface area contributed by atoms with Crippen molar-refractivity contribution < 1.29 is 9.90 Å². The number of nitrogens with one attached hydrogen (secondary N) is 1. The number of hydrogen-bond donors (Lipinski definition) is 2. The lowest BCUT2D eigenvalue weighted by atomic mass is 10.2. The molecule has 0 amide bonds. The first-order valence-corrected chi connectivity index (χ1v) is 4.87. The maximum Gasteiger partial charge on any atom is 0.354 e. The number of aromatic amines is 1. The molecule has 2 aromatic rings. The van der Waals surface area contributed by atoms with E-state index in [0.29, 0.717) is 16.4 Å². The number of aryl methyl sites for hydroxylation is 1. The van der Waals surface area contributed by atoms with E-state index in [0.717, 1.165) is 5.56 Å². The Kier molecular flexibility index (Phi) is 2.62. The number of pyridine rings is 1. The molecule has 0 unspecified atom stereocenters. The van der Waals surface area contributed by atoms with Crippen LogP contribution < -0.4 is 0 Å². The first-order chi connectivity index (χ1) is 7.58. The van der Waals surface area contributed by atoms with Gasteiger partial charge in [0.15, 0.2) is 0 Å². The fourth-order valence-electron chi connectivity index (χ4n) is 1.34. The minimum Gasteiger partial charge on any atom is -0.477 e. The van der Waals surface area contributed by atoms with Gasteiger partial charge in [0, 0.05) is 5.02 Å². The van der Waals surface area contributed by atoms with Gasteiger partial charge in [0.25, 0.3) is 0 Å². The van der Waals surface area contributed by atoms with Crippen molar-refractivity contribution in [2.75, 3.05) is 0 Å². The van der Waals surface area contributed by atoms with Gasteiger partial charge in [0.2, 0.25) is 0 Å². The van der Waals surface area contributed by atoms with Gasteiger partial charge in [0.05, 0.1) is 17.6 Å². The molecule has 0 aliphatic rings. The van der Waals surface area contributed by atoms with Crippen LogP contribution in [0.4, 0.5) is 0 Å². The van der Waals surface area contributed by atoms with Crippen LogP contribution in [0.2, 0.25) is 5.02 Å². The molecular weight excluding hydrogens is 230 g/mol. The number of carboxylic acids is 1. The number of halogens is 1. The molecular formula is C10H8ClN3O2. The summed E-state index contributed by atoms with van der Waals surface area (Å²) in [5, 5.41) is 15.8. The minimum absolute atomic E-state index is 0.0866. The van der Waals surface area contributed by atoms with Gasteiger partial charge < -0.3 is 5.11 Å². The molecule has 0 spiro atoms. The molecule has 2 heterocycles. The molecule has 0 fully saturated rings. The lowest BCUT2D eigenvalue weighted by Gasteiger charge is -2.02. The largest absolute Gasteiger partial charge is 0.477 e. The SMILES string of the molecule is Cc1cn[nH]c1-c1cc(Cl)cc(C(=O)O)n1. The first kappa shape index (κ1) is 10.6. The minimum atomic E-state index is -1.11. The highest BCUT2D eigenvalue weighted by Crippen LogP contribution is 2.22. The number of H-pyrrole nitrogens is 1. The summed E-state index contributed by atoms with van der Waals surface area (Å²) in [5.41, 5.74) is 1.94. The predicted octanol–water partition coefficient (Wildman–Crippen LogP) is 2.13. The second kappa shape index (κ2) is 3.94. The van der Waals surface area contributed by atoms with E-state index >= 15 is 0 Å². The molecule has 0 saturated heterocycles. The van der Waals surface area contributed by atoms with Crippen molar-refractivity contribution in [3.8, 4) is 11.4 Å². The molecule has 0 saturated carbocycles.